The van der Waals surface area contributed by atoms with Crippen LogP contribution in [0.25, 0.3) is 11.1 Å². The average molecular weight is 346 g/mol. The summed E-state index contributed by atoms with van der Waals surface area (Å²) in [5.74, 6) is -1.30. The molecule has 0 aliphatic carbocycles. The Bertz CT molecular complexity index is 738. The van der Waals surface area contributed by atoms with Gasteiger partial charge in [0.05, 0.1) is 24.3 Å². The summed E-state index contributed by atoms with van der Waals surface area (Å²) in [6.07, 6.45) is 0. The van der Waals surface area contributed by atoms with Crippen molar-refractivity contribution in [1.29, 1.82) is 0 Å². The number of esters is 2. The van der Waals surface area contributed by atoms with Crippen LogP contribution < -0.4 is 0 Å². The van der Waals surface area contributed by atoms with Gasteiger partial charge in [0, 0.05) is 0 Å². The Morgan fingerprint density at radius 3 is 2.04 bits per heavy atom. The second-order valence-electron chi connectivity index (χ2n) is 5.03. The van der Waals surface area contributed by atoms with Crippen LogP contribution in [-0.2, 0) is 9.47 Å². The molecule has 0 fully saturated rings. The summed E-state index contributed by atoms with van der Waals surface area (Å²) in [4.78, 5) is 24.2. The highest BCUT2D eigenvalue weighted by molar-refractivity contribution is 6.01. The lowest BCUT2D eigenvalue weighted by molar-refractivity contribution is 0.0430. The smallest absolute Gasteiger partial charge is 0.338 e. The van der Waals surface area contributed by atoms with E-state index in [-0.39, 0.29) is 43.3 Å². The van der Waals surface area contributed by atoms with Crippen molar-refractivity contribution < 1.29 is 34.4 Å². The van der Waals surface area contributed by atoms with Crippen molar-refractivity contribution in [2.24, 2.45) is 0 Å². The zero-order valence-corrected chi connectivity index (χ0v) is 13.3. The molecule has 0 heterocycles. The number of aromatic hydroxyl groups is 1. The number of benzene rings is 2. The molecule has 0 aromatic heterocycles. The summed E-state index contributed by atoms with van der Waals surface area (Å²) in [5, 5.41) is 26.9. The number of hydrogen-bond donors (Lipinski definition) is 3. The van der Waals surface area contributed by atoms with Crippen molar-refractivity contribution >= 4 is 11.9 Å². The Kier molecular flexibility index (Phi) is 6.50. The topological polar surface area (TPSA) is 113 Å². The van der Waals surface area contributed by atoms with Crippen LogP contribution in [0.1, 0.15) is 20.7 Å². The van der Waals surface area contributed by atoms with E-state index in [9.17, 15) is 14.7 Å². The molecular weight excluding hydrogens is 328 g/mol. The van der Waals surface area contributed by atoms with E-state index >= 15 is 0 Å². The number of ether oxygens (including phenoxy) is 2. The van der Waals surface area contributed by atoms with Gasteiger partial charge in [0.2, 0.25) is 0 Å². The molecular formula is C18H18O7. The van der Waals surface area contributed by atoms with Crippen molar-refractivity contribution in [2.45, 2.75) is 0 Å². The number of phenolic OH excluding ortho intramolecular Hbond substituents is 1. The Balaban J connectivity index is 2.42. The zero-order valence-electron chi connectivity index (χ0n) is 13.3. The van der Waals surface area contributed by atoms with E-state index in [0.29, 0.717) is 11.1 Å². The lowest BCUT2D eigenvalue weighted by Crippen LogP contribution is -2.13. The van der Waals surface area contributed by atoms with Gasteiger partial charge in [-0.2, -0.15) is 0 Å². The summed E-state index contributed by atoms with van der Waals surface area (Å²) in [5.41, 5.74) is 1.40. The molecule has 2 aromatic carbocycles. The first-order chi connectivity index (χ1) is 12.1. The third kappa shape index (κ3) is 4.79. The first-order valence-corrected chi connectivity index (χ1v) is 7.56. The van der Waals surface area contributed by atoms with E-state index in [1.807, 2.05) is 0 Å². The van der Waals surface area contributed by atoms with Crippen LogP contribution in [0.3, 0.4) is 0 Å². The molecule has 2 aromatic rings. The van der Waals surface area contributed by atoms with Crippen molar-refractivity contribution in [2.75, 3.05) is 26.4 Å². The minimum atomic E-state index is -0.700. The minimum absolute atomic E-state index is 0.0809. The second kappa shape index (κ2) is 8.81. The fraction of sp³-hybridized carbons (Fsp3) is 0.222. The molecule has 25 heavy (non-hydrogen) atoms. The predicted molar refractivity (Wildman–Crippen MR) is 88.3 cm³/mol. The molecule has 0 amide bonds. The number of phenols is 1. The van der Waals surface area contributed by atoms with Crippen LogP contribution in [0.4, 0.5) is 0 Å². The van der Waals surface area contributed by atoms with Gasteiger partial charge >= 0.3 is 11.9 Å². The van der Waals surface area contributed by atoms with E-state index in [1.54, 1.807) is 18.2 Å². The molecule has 0 atom stereocenters. The van der Waals surface area contributed by atoms with Gasteiger partial charge in [-0.1, -0.05) is 18.2 Å². The van der Waals surface area contributed by atoms with Crippen LogP contribution in [-0.4, -0.2) is 53.7 Å². The zero-order chi connectivity index (χ0) is 18.2. The van der Waals surface area contributed by atoms with Gasteiger partial charge in [-0.15, -0.1) is 0 Å². The predicted octanol–water partition coefficient (Wildman–Crippen LogP) is 1.36. The van der Waals surface area contributed by atoms with Crippen LogP contribution in [0.15, 0.2) is 42.5 Å². The first kappa shape index (κ1) is 18.4. The van der Waals surface area contributed by atoms with Crippen LogP contribution in [0.2, 0.25) is 0 Å². The molecule has 0 bridgehead atoms. The normalized spacial score (nSPS) is 10.3. The Morgan fingerprint density at radius 1 is 0.840 bits per heavy atom. The quantitative estimate of drug-likeness (QED) is 0.649. The maximum atomic E-state index is 12.3. The SMILES string of the molecule is O=C(OCCO)c1ccc(-c2ccc(O)cc2)c(C(=O)OCCO)c1. The molecule has 7 nitrogen and oxygen atoms in total. The number of carbonyl (C=O) groups excluding carboxylic acids is 2. The van der Waals surface area contributed by atoms with Gasteiger partial charge in [0.15, 0.2) is 0 Å². The number of hydrogen-bond acceptors (Lipinski definition) is 7. The molecule has 7 heteroatoms. The Hall–Kier alpha value is -2.90. The summed E-state index contributed by atoms with van der Waals surface area (Å²) < 4.78 is 9.79. The molecule has 0 saturated carbocycles. The Morgan fingerprint density at radius 2 is 1.44 bits per heavy atom. The molecule has 132 valence electrons. The number of aliphatic hydroxyl groups excluding tert-OH is 2. The van der Waals surface area contributed by atoms with Crippen molar-refractivity contribution in [3.63, 3.8) is 0 Å². The molecule has 0 aliphatic rings. The summed E-state index contributed by atoms with van der Waals surface area (Å²) in [6.45, 7) is -0.947. The van der Waals surface area contributed by atoms with Crippen LogP contribution in [0.5, 0.6) is 5.75 Å². The van der Waals surface area contributed by atoms with Crippen molar-refractivity contribution in [3.05, 3.63) is 53.6 Å². The van der Waals surface area contributed by atoms with E-state index < -0.39 is 11.9 Å². The van der Waals surface area contributed by atoms with Gasteiger partial charge in [-0.05, 0) is 35.4 Å². The molecule has 2 rings (SSSR count). The summed E-state index contributed by atoms with van der Waals surface area (Å²) >= 11 is 0. The molecule has 0 saturated heterocycles. The van der Waals surface area contributed by atoms with E-state index in [4.69, 9.17) is 19.7 Å². The largest absolute Gasteiger partial charge is 0.508 e. The summed E-state index contributed by atoms with van der Waals surface area (Å²) in [7, 11) is 0. The third-order valence-electron chi connectivity index (χ3n) is 3.30. The van der Waals surface area contributed by atoms with Crippen molar-refractivity contribution in [3.8, 4) is 16.9 Å². The van der Waals surface area contributed by atoms with Crippen LogP contribution >= 0.6 is 0 Å². The molecule has 0 unspecified atom stereocenters. The number of carbonyl (C=O) groups is 2. The summed E-state index contributed by atoms with van der Waals surface area (Å²) in [6, 6.07) is 10.6. The third-order valence-corrected chi connectivity index (χ3v) is 3.30. The lowest BCUT2D eigenvalue weighted by Gasteiger charge is -2.12. The maximum Gasteiger partial charge on any atom is 0.338 e. The standard InChI is InChI=1S/C18H18O7/c19-7-9-24-17(22)13-3-6-15(12-1-4-14(21)5-2-12)16(11-13)18(23)25-10-8-20/h1-6,11,19-21H,7-10H2. The molecule has 0 radical (unpaired) electrons. The monoisotopic (exact) mass is 346 g/mol. The van der Waals surface area contributed by atoms with Crippen molar-refractivity contribution in [1.82, 2.24) is 0 Å². The molecule has 0 aliphatic heterocycles. The molecule has 3 N–H and O–H groups in total. The molecule has 0 spiro atoms. The highest BCUT2D eigenvalue weighted by Crippen LogP contribution is 2.27. The van der Waals surface area contributed by atoms with Gasteiger partial charge < -0.3 is 24.8 Å². The lowest BCUT2D eigenvalue weighted by atomic mass is 9.97. The first-order valence-electron chi connectivity index (χ1n) is 7.56. The van der Waals surface area contributed by atoms with Gasteiger partial charge in [-0.25, -0.2) is 9.59 Å². The number of aliphatic hydroxyl groups is 2. The minimum Gasteiger partial charge on any atom is -0.508 e. The maximum absolute atomic E-state index is 12.3. The van der Waals surface area contributed by atoms with Gasteiger partial charge in [0.1, 0.15) is 19.0 Å². The highest BCUT2D eigenvalue weighted by atomic mass is 16.5. The fourth-order valence-corrected chi connectivity index (χ4v) is 2.17. The highest BCUT2D eigenvalue weighted by Gasteiger charge is 2.18. The van der Waals surface area contributed by atoms with Gasteiger partial charge in [0.25, 0.3) is 0 Å². The van der Waals surface area contributed by atoms with Crippen LogP contribution in [0, 0.1) is 0 Å². The van der Waals surface area contributed by atoms with Gasteiger partial charge in [-0.3, -0.25) is 0 Å². The number of rotatable bonds is 7. The average Bonchev–Trinajstić information content (AvgIpc) is 2.64. The fourth-order valence-electron chi connectivity index (χ4n) is 2.17. The van der Waals surface area contributed by atoms with E-state index in [1.165, 1.54) is 24.3 Å². The Labute approximate surface area is 144 Å². The second-order valence-corrected chi connectivity index (χ2v) is 5.03. The van der Waals surface area contributed by atoms with E-state index in [2.05, 4.69) is 0 Å². The van der Waals surface area contributed by atoms with E-state index in [0.717, 1.165) is 0 Å².